The SMILES string of the molecule is CC(C)CCCCCC(O)c1cncnc1. The largest absolute Gasteiger partial charge is 0.388 e. The van der Waals surface area contributed by atoms with Crippen molar-refractivity contribution in [1.29, 1.82) is 0 Å². The normalized spacial score (nSPS) is 13.0. The maximum absolute atomic E-state index is 9.85. The van der Waals surface area contributed by atoms with Gasteiger partial charge in [-0.05, 0) is 12.3 Å². The van der Waals surface area contributed by atoms with Crippen molar-refractivity contribution in [2.24, 2.45) is 5.92 Å². The van der Waals surface area contributed by atoms with Crippen molar-refractivity contribution < 1.29 is 5.11 Å². The Kier molecular flexibility index (Phi) is 6.01. The maximum Gasteiger partial charge on any atom is 0.115 e. The van der Waals surface area contributed by atoms with E-state index in [-0.39, 0.29) is 0 Å². The second kappa shape index (κ2) is 7.34. The Bertz CT molecular complexity index is 275. The molecule has 0 aliphatic rings. The van der Waals surface area contributed by atoms with Crippen molar-refractivity contribution in [1.82, 2.24) is 9.97 Å². The fourth-order valence-corrected chi connectivity index (χ4v) is 1.72. The van der Waals surface area contributed by atoms with Gasteiger partial charge in [-0.1, -0.05) is 39.5 Å². The fourth-order valence-electron chi connectivity index (χ4n) is 1.72. The molecule has 0 saturated carbocycles. The van der Waals surface area contributed by atoms with Crippen molar-refractivity contribution in [2.75, 3.05) is 0 Å². The van der Waals surface area contributed by atoms with Crippen LogP contribution in [0.4, 0.5) is 0 Å². The summed E-state index contributed by atoms with van der Waals surface area (Å²) in [6, 6.07) is 0. The van der Waals surface area contributed by atoms with Crippen LogP contribution in [0.25, 0.3) is 0 Å². The molecule has 3 nitrogen and oxygen atoms in total. The van der Waals surface area contributed by atoms with Gasteiger partial charge in [0.15, 0.2) is 0 Å². The highest BCUT2D eigenvalue weighted by atomic mass is 16.3. The first-order valence-electron chi connectivity index (χ1n) is 6.13. The average molecular weight is 222 g/mol. The van der Waals surface area contributed by atoms with Crippen molar-refractivity contribution >= 4 is 0 Å². The molecule has 1 rings (SSSR count). The van der Waals surface area contributed by atoms with Crippen molar-refractivity contribution in [2.45, 2.75) is 52.1 Å². The van der Waals surface area contributed by atoms with Crippen LogP contribution in [0.15, 0.2) is 18.7 Å². The zero-order valence-electron chi connectivity index (χ0n) is 10.3. The van der Waals surface area contributed by atoms with E-state index in [0.717, 1.165) is 24.3 Å². The van der Waals surface area contributed by atoms with Crippen LogP contribution >= 0.6 is 0 Å². The molecule has 1 N–H and O–H groups in total. The molecule has 0 saturated heterocycles. The first kappa shape index (κ1) is 13.1. The number of hydrogen-bond donors (Lipinski definition) is 1. The van der Waals surface area contributed by atoms with Crippen molar-refractivity contribution in [3.8, 4) is 0 Å². The van der Waals surface area contributed by atoms with Gasteiger partial charge in [0, 0.05) is 18.0 Å². The van der Waals surface area contributed by atoms with E-state index in [1.807, 2.05) is 0 Å². The predicted octanol–water partition coefficient (Wildman–Crippen LogP) is 3.12. The van der Waals surface area contributed by atoms with Gasteiger partial charge in [0.05, 0.1) is 6.10 Å². The molecule has 16 heavy (non-hydrogen) atoms. The fraction of sp³-hybridized carbons (Fsp3) is 0.692. The zero-order chi connectivity index (χ0) is 11.8. The molecule has 3 heteroatoms. The van der Waals surface area contributed by atoms with Crippen LogP contribution in [0.5, 0.6) is 0 Å². The van der Waals surface area contributed by atoms with Crippen LogP contribution in [-0.2, 0) is 0 Å². The zero-order valence-corrected chi connectivity index (χ0v) is 10.3. The minimum atomic E-state index is -0.403. The van der Waals surface area contributed by atoms with E-state index in [2.05, 4.69) is 23.8 Å². The Morgan fingerprint density at radius 1 is 1.06 bits per heavy atom. The first-order chi connectivity index (χ1) is 7.70. The van der Waals surface area contributed by atoms with Gasteiger partial charge >= 0.3 is 0 Å². The molecule has 1 aromatic heterocycles. The molecule has 0 aliphatic heterocycles. The number of nitrogens with zero attached hydrogens (tertiary/aromatic N) is 2. The molecule has 1 atom stereocenters. The van der Waals surface area contributed by atoms with Gasteiger partial charge in [0.25, 0.3) is 0 Å². The number of hydrogen-bond acceptors (Lipinski definition) is 3. The van der Waals surface area contributed by atoms with Gasteiger partial charge in [-0.3, -0.25) is 0 Å². The molecule has 1 unspecified atom stereocenters. The van der Waals surface area contributed by atoms with Gasteiger partial charge in [-0.25, -0.2) is 9.97 Å². The Labute approximate surface area is 97.9 Å². The molecule has 90 valence electrons. The van der Waals surface area contributed by atoms with Gasteiger partial charge in [0.2, 0.25) is 0 Å². The Balaban J connectivity index is 2.14. The van der Waals surface area contributed by atoms with Crippen LogP contribution < -0.4 is 0 Å². The molecule has 0 aromatic carbocycles. The van der Waals surface area contributed by atoms with Gasteiger partial charge < -0.3 is 5.11 Å². The van der Waals surface area contributed by atoms with E-state index >= 15 is 0 Å². The summed E-state index contributed by atoms with van der Waals surface area (Å²) in [5.41, 5.74) is 0.825. The highest BCUT2D eigenvalue weighted by Gasteiger charge is 2.07. The van der Waals surface area contributed by atoms with E-state index in [1.54, 1.807) is 12.4 Å². The summed E-state index contributed by atoms with van der Waals surface area (Å²) in [7, 11) is 0. The Morgan fingerprint density at radius 2 is 1.69 bits per heavy atom. The van der Waals surface area contributed by atoms with Crippen molar-refractivity contribution in [3.05, 3.63) is 24.3 Å². The quantitative estimate of drug-likeness (QED) is 0.721. The average Bonchev–Trinajstić information content (AvgIpc) is 2.29. The lowest BCUT2D eigenvalue weighted by atomic mass is 10.0. The minimum absolute atomic E-state index is 0.403. The molecule has 1 heterocycles. The third-order valence-electron chi connectivity index (χ3n) is 2.72. The monoisotopic (exact) mass is 222 g/mol. The summed E-state index contributed by atoms with van der Waals surface area (Å²) in [6.45, 7) is 4.49. The number of aliphatic hydroxyl groups is 1. The third kappa shape index (κ3) is 5.21. The molecule has 0 amide bonds. The lowest BCUT2D eigenvalue weighted by Crippen LogP contribution is -1.99. The number of rotatable bonds is 7. The highest BCUT2D eigenvalue weighted by Crippen LogP contribution is 2.18. The molecule has 0 bridgehead atoms. The highest BCUT2D eigenvalue weighted by molar-refractivity contribution is 5.05. The number of unbranched alkanes of at least 4 members (excludes halogenated alkanes) is 2. The summed E-state index contributed by atoms with van der Waals surface area (Å²) in [5.74, 6) is 0.785. The number of aliphatic hydroxyl groups excluding tert-OH is 1. The molecule has 0 aliphatic carbocycles. The van der Waals surface area contributed by atoms with Crippen LogP contribution in [-0.4, -0.2) is 15.1 Å². The summed E-state index contributed by atoms with van der Waals surface area (Å²) in [5, 5.41) is 9.85. The topological polar surface area (TPSA) is 46.0 Å². The van der Waals surface area contributed by atoms with Crippen LogP contribution in [0.1, 0.15) is 57.6 Å². The van der Waals surface area contributed by atoms with Crippen molar-refractivity contribution in [3.63, 3.8) is 0 Å². The third-order valence-corrected chi connectivity index (χ3v) is 2.72. The van der Waals surface area contributed by atoms with E-state index in [0.29, 0.717) is 0 Å². The molecular formula is C13H22N2O. The van der Waals surface area contributed by atoms with Gasteiger partial charge in [-0.15, -0.1) is 0 Å². The lowest BCUT2D eigenvalue weighted by Gasteiger charge is -2.10. The van der Waals surface area contributed by atoms with Gasteiger partial charge in [0.1, 0.15) is 6.33 Å². The predicted molar refractivity (Wildman–Crippen MR) is 64.9 cm³/mol. The standard InChI is InChI=1S/C13H22N2O/c1-11(2)6-4-3-5-7-13(16)12-8-14-10-15-9-12/h8-11,13,16H,3-7H2,1-2H3. The second-order valence-corrected chi connectivity index (χ2v) is 4.72. The second-order valence-electron chi connectivity index (χ2n) is 4.72. The lowest BCUT2D eigenvalue weighted by molar-refractivity contribution is 0.162. The van der Waals surface area contributed by atoms with E-state index in [4.69, 9.17) is 0 Å². The Morgan fingerprint density at radius 3 is 2.31 bits per heavy atom. The Hall–Kier alpha value is -0.960. The van der Waals surface area contributed by atoms with E-state index in [1.165, 1.54) is 25.6 Å². The van der Waals surface area contributed by atoms with E-state index in [9.17, 15) is 5.11 Å². The smallest absolute Gasteiger partial charge is 0.115 e. The van der Waals surface area contributed by atoms with Gasteiger partial charge in [-0.2, -0.15) is 0 Å². The molecule has 0 fully saturated rings. The maximum atomic E-state index is 9.85. The van der Waals surface area contributed by atoms with E-state index < -0.39 is 6.10 Å². The summed E-state index contributed by atoms with van der Waals surface area (Å²) in [4.78, 5) is 7.80. The molecule has 1 aromatic rings. The van der Waals surface area contributed by atoms with Crippen LogP contribution in [0.2, 0.25) is 0 Å². The minimum Gasteiger partial charge on any atom is -0.388 e. The molecule has 0 radical (unpaired) electrons. The summed E-state index contributed by atoms with van der Waals surface area (Å²) in [6.07, 6.45) is 10.1. The van der Waals surface area contributed by atoms with Crippen LogP contribution in [0.3, 0.4) is 0 Å². The molecule has 0 spiro atoms. The summed E-state index contributed by atoms with van der Waals surface area (Å²) < 4.78 is 0. The number of aromatic nitrogens is 2. The summed E-state index contributed by atoms with van der Waals surface area (Å²) >= 11 is 0. The molecular weight excluding hydrogens is 200 g/mol. The van der Waals surface area contributed by atoms with Crippen LogP contribution in [0, 0.1) is 5.92 Å². The first-order valence-corrected chi connectivity index (χ1v) is 6.13.